The maximum atomic E-state index is 12.4. The van der Waals surface area contributed by atoms with Crippen molar-refractivity contribution >= 4 is 11.9 Å². The van der Waals surface area contributed by atoms with Crippen LogP contribution in [0.4, 0.5) is 4.79 Å². The number of methoxy groups -OCH3 is 1. The zero-order valence-electron chi connectivity index (χ0n) is 16.7. The van der Waals surface area contributed by atoms with Crippen molar-refractivity contribution in [3.05, 3.63) is 35.9 Å². The summed E-state index contributed by atoms with van der Waals surface area (Å²) in [6, 6.07) is 9.76. The second-order valence-corrected chi connectivity index (χ2v) is 7.10. The Kier molecular flexibility index (Phi) is 8.58. The Bertz CT molecular complexity index is 582. The fourth-order valence-electron chi connectivity index (χ4n) is 3.57. The summed E-state index contributed by atoms with van der Waals surface area (Å²) in [5.41, 5.74) is 1.04. The molecule has 1 unspecified atom stereocenters. The van der Waals surface area contributed by atoms with Gasteiger partial charge in [-0.25, -0.2) is 4.79 Å². The molecule has 0 aromatic heterocycles. The smallest absolute Gasteiger partial charge is 0.315 e. The molecular formula is C21H33N3O3. The van der Waals surface area contributed by atoms with Crippen LogP contribution in [0.3, 0.4) is 0 Å². The fraction of sp³-hybridized carbons (Fsp3) is 0.619. The van der Waals surface area contributed by atoms with Crippen molar-refractivity contribution in [2.75, 3.05) is 26.7 Å². The lowest BCUT2D eigenvalue weighted by atomic mass is 9.98. The lowest BCUT2D eigenvalue weighted by Gasteiger charge is -2.34. The van der Waals surface area contributed by atoms with E-state index < -0.39 is 0 Å². The third-order valence-corrected chi connectivity index (χ3v) is 5.38. The van der Waals surface area contributed by atoms with Crippen molar-refractivity contribution in [3.63, 3.8) is 0 Å². The minimum absolute atomic E-state index is 0.105. The number of benzene rings is 1. The van der Waals surface area contributed by atoms with Crippen molar-refractivity contribution < 1.29 is 14.3 Å². The van der Waals surface area contributed by atoms with Crippen molar-refractivity contribution in [1.29, 1.82) is 0 Å². The predicted octanol–water partition coefficient (Wildman–Crippen LogP) is 3.10. The zero-order chi connectivity index (χ0) is 19.6. The largest absolute Gasteiger partial charge is 0.375 e. The van der Waals surface area contributed by atoms with Crippen LogP contribution >= 0.6 is 0 Å². The van der Waals surface area contributed by atoms with Gasteiger partial charge in [-0.05, 0) is 31.2 Å². The van der Waals surface area contributed by atoms with E-state index in [1.54, 1.807) is 7.11 Å². The molecule has 6 heteroatoms. The monoisotopic (exact) mass is 375 g/mol. The van der Waals surface area contributed by atoms with Gasteiger partial charge < -0.3 is 20.3 Å². The van der Waals surface area contributed by atoms with Crippen molar-refractivity contribution in [3.8, 4) is 0 Å². The van der Waals surface area contributed by atoms with Crippen LogP contribution in [0.15, 0.2) is 30.3 Å². The molecule has 1 saturated heterocycles. The number of carbonyl (C=O) groups is 2. The van der Waals surface area contributed by atoms with Gasteiger partial charge in [-0.1, -0.05) is 44.2 Å². The molecular weight excluding hydrogens is 342 g/mol. The summed E-state index contributed by atoms with van der Waals surface area (Å²) >= 11 is 0. The van der Waals surface area contributed by atoms with Crippen LogP contribution in [0.25, 0.3) is 0 Å². The Hall–Kier alpha value is -2.08. The molecule has 27 heavy (non-hydrogen) atoms. The Morgan fingerprint density at radius 3 is 2.33 bits per heavy atom. The van der Waals surface area contributed by atoms with Crippen LogP contribution in [0.5, 0.6) is 0 Å². The summed E-state index contributed by atoms with van der Waals surface area (Å²) in [7, 11) is 1.64. The first-order valence-electron chi connectivity index (χ1n) is 9.99. The molecule has 1 aromatic carbocycles. The van der Waals surface area contributed by atoms with E-state index >= 15 is 0 Å². The van der Waals surface area contributed by atoms with Gasteiger partial charge in [-0.2, -0.15) is 0 Å². The van der Waals surface area contributed by atoms with Gasteiger partial charge in [-0.3, -0.25) is 4.79 Å². The maximum Gasteiger partial charge on any atom is 0.315 e. The van der Waals surface area contributed by atoms with Crippen LogP contribution in [-0.4, -0.2) is 49.6 Å². The van der Waals surface area contributed by atoms with Crippen LogP contribution in [0.1, 0.15) is 51.2 Å². The highest BCUT2D eigenvalue weighted by atomic mass is 16.5. The van der Waals surface area contributed by atoms with Gasteiger partial charge in [0, 0.05) is 38.7 Å². The molecule has 2 N–H and O–H groups in total. The number of hydrogen-bond acceptors (Lipinski definition) is 3. The van der Waals surface area contributed by atoms with Crippen LogP contribution in [-0.2, 0) is 9.53 Å². The standard InChI is InChI=1S/C21H33N3O3/c1-4-16(5-2)20(25)24-13-11-18(12-14-24)23-21(26)22-15-19(27-3)17-9-7-6-8-10-17/h6-10,16,18-19H,4-5,11-15H2,1-3H3,(H2,22,23,26). The summed E-state index contributed by atoms with van der Waals surface area (Å²) in [4.78, 5) is 26.6. The number of nitrogens with zero attached hydrogens (tertiary/aromatic N) is 1. The summed E-state index contributed by atoms with van der Waals surface area (Å²) in [6.07, 6.45) is 3.20. The number of likely N-dealkylation sites (tertiary alicyclic amines) is 1. The molecule has 0 bridgehead atoms. The minimum atomic E-state index is -0.183. The number of piperidine rings is 1. The maximum absolute atomic E-state index is 12.4. The SMILES string of the molecule is CCC(CC)C(=O)N1CCC(NC(=O)NCC(OC)c2ccccc2)CC1. The summed E-state index contributed by atoms with van der Waals surface area (Å²) < 4.78 is 5.47. The summed E-state index contributed by atoms with van der Waals surface area (Å²) in [5, 5.41) is 5.92. The Morgan fingerprint density at radius 1 is 1.15 bits per heavy atom. The number of urea groups is 1. The van der Waals surface area contributed by atoms with Crippen LogP contribution in [0.2, 0.25) is 0 Å². The molecule has 0 aliphatic carbocycles. The van der Waals surface area contributed by atoms with Gasteiger partial charge in [0.15, 0.2) is 0 Å². The molecule has 2 rings (SSSR count). The van der Waals surface area contributed by atoms with Gasteiger partial charge in [0.1, 0.15) is 0 Å². The number of carbonyl (C=O) groups excluding carboxylic acids is 2. The molecule has 0 spiro atoms. The molecule has 0 saturated carbocycles. The van der Waals surface area contributed by atoms with Gasteiger partial charge in [0.25, 0.3) is 0 Å². The normalized spacial score (nSPS) is 16.2. The Morgan fingerprint density at radius 2 is 1.78 bits per heavy atom. The molecule has 6 nitrogen and oxygen atoms in total. The van der Waals surface area contributed by atoms with E-state index in [0.29, 0.717) is 19.6 Å². The summed E-state index contributed by atoms with van der Waals surface area (Å²) in [5.74, 6) is 0.385. The van der Waals surface area contributed by atoms with Crippen molar-refractivity contribution in [1.82, 2.24) is 15.5 Å². The third kappa shape index (κ3) is 6.24. The predicted molar refractivity (Wildman–Crippen MR) is 106 cm³/mol. The lowest BCUT2D eigenvalue weighted by Crippen LogP contribution is -2.50. The van der Waals surface area contributed by atoms with Crippen molar-refractivity contribution in [2.24, 2.45) is 5.92 Å². The molecule has 150 valence electrons. The minimum Gasteiger partial charge on any atom is -0.375 e. The molecule has 1 aliphatic rings. The first-order valence-corrected chi connectivity index (χ1v) is 9.99. The number of rotatable bonds is 8. The molecule has 1 atom stereocenters. The number of amides is 3. The molecule has 1 fully saturated rings. The first-order chi connectivity index (χ1) is 13.1. The van der Waals surface area contributed by atoms with Gasteiger partial charge >= 0.3 is 6.03 Å². The molecule has 1 heterocycles. The second-order valence-electron chi connectivity index (χ2n) is 7.10. The van der Waals surface area contributed by atoms with E-state index in [2.05, 4.69) is 24.5 Å². The Balaban J connectivity index is 1.73. The summed E-state index contributed by atoms with van der Waals surface area (Å²) in [6.45, 7) is 5.97. The quantitative estimate of drug-likeness (QED) is 0.733. The molecule has 3 amide bonds. The van der Waals surface area contributed by atoms with Crippen LogP contribution in [0, 0.1) is 5.92 Å². The third-order valence-electron chi connectivity index (χ3n) is 5.38. The average molecular weight is 376 g/mol. The number of hydrogen-bond donors (Lipinski definition) is 2. The lowest BCUT2D eigenvalue weighted by molar-refractivity contribution is -0.136. The average Bonchev–Trinajstić information content (AvgIpc) is 2.70. The highest BCUT2D eigenvalue weighted by Gasteiger charge is 2.27. The van der Waals surface area contributed by atoms with Crippen LogP contribution < -0.4 is 10.6 Å². The number of ether oxygens (including phenoxy) is 1. The topological polar surface area (TPSA) is 70.7 Å². The second kappa shape index (κ2) is 10.9. The van der Waals surface area contributed by atoms with E-state index in [9.17, 15) is 9.59 Å². The van der Waals surface area contributed by atoms with Crippen molar-refractivity contribution in [2.45, 2.75) is 51.7 Å². The zero-order valence-corrected chi connectivity index (χ0v) is 16.7. The van der Waals surface area contributed by atoms with E-state index in [1.807, 2.05) is 35.2 Å². The first kappa shape index (κ1) is 21.2. The molecule has 1 aliphatic heterocycles. The van der Waals surface area contributed by atoms with E-state index in [0.717, 1.165) is 31.2 Å². The van der Waals surface area contributed by atoms with Gasteiger partial charge in [0.2, 0.25) is 5.91 Å². The highest BCUT2D eigenvalue weighted by molar-refractivity contribution is 5.79. The van der Waals surface area contributed by atoms with Gasteiger partial charge in [0.05, 0.1) is 6.10 Å². The van der Waals surface area contributed by atoms with E-state index in [1.165, 1.54) is 0 Å². The van der Waals surface area contributed by atoms with Gasteiger partial charge in [-0.15, -0.1) is 0 Å². The number of nitrogens with one attached hydrogen (secondary N) is 2. The highest BCUT2D eigenvalue weighted by Crippen LogP contribution is 2.18. The Labute approximate surface area is 162 Å². The molecule has 0 radical (unpaired) electrons. The van der Waals surface area contributed by atoms with E-state index in [-0.39, 0.29) is 30.0 Å². The molecule has 1 aromatic rings. The van der Waals surface area contributed by atoms with E-state index in [4.69, 9.17) is 4.74 Å². The fourth-order valence-corrected chi connectivity index (χ4v) is 3.57.